The molecule has 0 saturated heterocycles. The first-order valence-corrected chi connectivity index (χ1v) is 6.62. The average molecular weight is 234 g/mol. The zero-order chi connectivity index (χ0) is 12.6. The van der Waals surface area contributed by atoms with E-state index in [1.807, 2.05) is 6.08 Å². The summed E-state index contributed by atoms with van der Waals surface area (Å²) in [4.78, 5) is 10.9. The standard InChI is InChI=1S/C15H22O2/c1-9-4-6-12(8-11(3)15(16)17)14-10(2)5-7-13(9)14/h8-9,12-13H,4-7H2,1-3H3,(H,16,17)/b11-8+/t9?,12-,13?/m0/s1. The maximum atomic E-state index is 10.9. The van der Waals surface area contributed by atoms with Crippen LogP contribution in [0.15, 0.2) is 22.8 Å². The molecule has 2 heteroatoms. The van der Waals surface area contributed by atoms with Crippen LogP contribution >= 0.6 is 0 Å². The Kier molecular flexibility index (Phi) is 3.41. The van der Waals surface area contributed by atoms with E-state index < -0.39 is 5.97 Å². The second-order valence-electron chi connectivity index (χ2n) is 5.70. The van der Waals surface area contributed by atoms with Crippen molar-refractivity contribution in [1.29, 1.82) is 0 Å². The Balaban J connectivity index is 2.27. The smallest absolute Gasteiger partial charge is 0.330 e. The quantitative estimate of drug-likeness (QED) is 0.583. The van der Waals surface area contributed by atoms with Crippen LogP contribution in [0.25, 0.3) is 0 Å². The lowest BCUT2D eigenvalue weighted by Gasteiger charge is -2.34. The summed E-state index contributed by atoms with van der Waals surface area (Å²) in [5, 5.41) is 8.99. The Hall–Kier alpha value is -1.05. The minimum absolute atomic E-state index is 0.384. The molecule has 2 unspecified atom stereocenters. The first-order valence-electron chi connectivity index (χ1n) is 6.62. The van der Waals surface area contributed by atoms with Crippen LogP contribution in [0, 0.1) is 17.8 Å². The Morgan fingerprint density at radius 3 is 2.71 bits per heavy atom. The fourth-order valence-electron chi connectivity index (χ4n) is 3.52. The number of rotatable bonds is 2. The fourth-order valence-corrected chi connectivity index (χ4v) is 3.52. The van der Waals surface area contributed by atoms with Crippen molar-refractivity contribution in [2.45, 2.75) is 46.5 Å². The fraction of sp³-hybridized carbons (Fsp3) is 0.667. The Morgan fingerprint density at radius 1 is 1.35 bits per heavy atom. The predicted octanol–water partition coefficient (Wildman–Crippen LogP) is 3.79. The maximum Gasteiger partial charge on any atom is 0.330 e. The number of carboxylic acids is 1. The van der Waals surface area contributed by atoms with Gasteiger partial charge < -0.3 is 5.11 Å². The van der Waals surface area contributed by atoms with Crippen molar-refractivity contribution in [2.75, 3.05) is 0 Å². The molecular formula is C15H22O2. The number of allylic oxidation sites excluding steroid dienone is 3. The zero-order valence-electron chi connectivity index (χ0n) is 11.0. The van der Waals surface area contributed by atoms with E-state index in [1.54, 1.807) is 12.5 Å². The van der Waals surface area contributed by atoms with E-state index in [1.165, 1.54) is 24.8 Å². The van der Waals surface area contributed by atoms with Gasteiger partial charge >= 0.3 is 5.97 Å². The lowest BCUT2D eigenvalue weighted by Crippen LogP contribution is -2.23. The van der Waals surface area contributed by atoms with Crippen LogP contribution in [0.4, 0.5) is 0 Å². The van der Waals surface area contributed by atoms with E-state index in [0.29, 0.717) is 17.4 Å². The Bertz CT molecular complexity index is 390. The average Bonchev–Trinajstić information content (AvgIpc) is 2.66. The highest BCUT2D eigenvalue weighted by molar-refractivity contribution is 5.85. The number of carbonyl (C=O) groups is 1. The number of hydrogen-bond acceptors (Lipinski definition) is 1. The van der Waals surface area contributed by atoms with Crippen molar-refractivity contribution in [1.82, 2.24) is 0 Å². The van der Waals surface area contributed by atoms with Gasteiger partial charge in [0.25, 0.3) is 0 Å². The van der Waals surface area contributed by atoms with Gasteiger partial charge in [-0.1, -0.05) is 24.1 Å². The summed E-state index contributed by atoms with van der Waals surface area (Å²) in [7, 11) is 0. The number of hydrogen-bond donors (Lipinski definition) is 1. The molecule has 2 aliphatic carbocycles. The largest absolute Gasteiger partial charge is 0.478 e. The first kappa shape index (κ1) is 12.4. The van der Waals surface area contributed by atoms with Gasteiger partial charge in [-0.2, -0.15) is 0 Å². The highest BCUT2D eigenvalue weighted by Gasteiger charge is 2.35. The molecule has 0 aromatic carbocycles. The van der Waals surface area contributed by atoms with Gasteiger partial charge in [0, 0.05) is 5.57 Å². The van der Waals surface area contributed by atoms with Crippen molar-refractivity contribution in [3.05, 3.63) is 22.8 Å². The molecule has 94 valence electrons. The second-order valence-corrected chi connectivity index (χ2v) is 5.70. The van der Waals surface area contributed by atoms with Crippen LogP contribution in [-0.4, -0.2) is 11.1 Å². The van der Waals surface area contributed by atoms with Crippen molar-refractivity contribution < 1.29 is 9.90 Å². The van der Waals surface area contributed by atoms with Crippen molar-refractivity contribution in [2.24, 2.45) is 17.8 Å². The molecule has 0 radical (unpaired) electrons. The third-order valence-corrected chi connectivity index (χ3v) is 4.53. The van der Waals surface area contributed by atoms with Crippen LogP contribution in [0.5, 0.6) is 0 Å². The highest BCUT2D eigenvalue weighted by atomic mass is 16.4. The van der Waals surface area contributed by atoms with E-state index in [4.69, 9.17) is 5.11 Å². The summed E-state index contributed by atoms with van der Waals surface area (Å²) in [6, 6.07) is 0. The molecule has 1 N–H and O–H groups in total. The van der Waals surface area contributed by atoms with Crippen LogP contribution in [-0.2, 0) is 4.79 Å². The molecule has 0 aromatic rings. The number of fused-ring (bicyclic) bond motifs is 1. The minimum Gasteiger partial charge on any atom is -0.478 e. The zero-order valence-corrected chi connectivity index (χ0v) is 11.0. The van der Waals surface area contributed by atoms with Gasteiger partial charge in [0.1, 0.15) is 0 Å². The third-order valence-electron chi connectivity index (χ3n) is 4.53. The van der Waals surface area contributed by atoms with E-state index in [0.717, 1.165) is 12.3 Å². The summed E-state index contributed by atoms with van der Waals surface area (Å²) in [6.07, 6.45) is 6.81. The molecule has 1 fully saturated rings. The molecule has 0 spiro atoms. The second kappa shape index (κ2) is 4.67. The Labute approximate surface area is 103 Å². The van der Waals surface area contributed by atoms with Gasteiger partial charge in [0.2, 0.25) is 0 Å². The van der Waals surface area contributed by atoms with E-state index in [2.05, 4.69) is 13.8 Å². The maximum absolute atomic E-state index is 10.9. The summed E-state index contributed by atoms with van der Waals surface area (Å²) in [5.41, 5.74) is 3.57. The number of aliphatic carboxylic acids is 1. The van der Waals surface area contributed by atoms with Crippen LogP contribution < -0.4 is 0 Å². The highest BCUT2D eigenvalue weighted by Crippen LogP contribution is 2.48. The molecule has 17 heavy (non-hydrogen) atoms. The predicted molar refractivity (Wildman–Crippen MR) is 68.7 cm³/mol. The van der Waals surface area contributed by atoms with Gasteiger partial charge in [-0.15, -0.1) is 0 Å². The van der Waals surface area contributed by atoms with Crippen LogP contribution in [0.2, 0.25) is 0 Å². The van der Waals surface area contributed by atoms with Crippen molar-refractivity contribution in [3.63, 3.8) is 0 Å². The SMILES string of the molecule is CC1=C2C(CC1)C(C)CC[C@H]2/C=C(\C)C(=O)O. The Morgan fingerprint density at radius 2 is 2.06 bits per heavy atom. The summed E-state index contributed by atoms with van der Waals surface area (Å²) < 4.78 is 0. The van der Waals surface area contributed by atoms with E-state index in [-0.39, 0.29) is 0 Å². The normalized spacial score (nSPS) is 33.8. The molecule has 0 bridgehead atoms. The minimum atomic E-state index is -0.781. The number of carboxylic acid groups (broad SMARTS) is 1. The molecule has 0 aromatic heterocycles. The lowest BCUT2D eigenvalue weighted by molar-refractivity contribution is -0.132. The molecule has 1 saturated carbocycles. The molecule has 0 amide bonds. The van der Waals surface area contributed by atoms with E-state index >= 15 is 0 Å². The van der Waals surface area contributed by atoms with Gasteiger partial charge in [-0.05, 0) is 57.3 Å². The van der Waals surface area contributed by atoms with Crippen molar-refractivity contribution in [3.8, 4) is 0 Å². The van der Waals surface area contributed by atoms with Gasteiger partial charge in [-0.3, -0.25) is 0 Å². The van der Waals surface area contributed by atoms with Gasteiger partial charge in [0.15, 0.2) is 0 Å². The van der Waals surface area contributed by atoms with Gasteiger partial charge in [-0.25, -0.2) is 4.79 Å². The lowest BCUT2D eigenvalue weighted by atomic mass is 9.71. The molecule has 2 nitrogen and oxygen atoms in total. The van der Waals surface area contributed by atoms with Gasteiger partial charge in [0.05, 0.1) is 0 Å². The molecule has 3 atom stereocenters. The van der Waals surface area contributed by atoms with Crippen LogP contribution in [0.1, 0.15) is 46.5 Å². The first-order chi connectivity index (χ1) is 8.00. The molecule has 0 heterocycles. The molecule has 2 aliphatic rings. The van der Waals surface area contributed by atoms with E-state index in [9.17, 15) is 4.79 Å². The third kappa shape index (κ3) is 2.31. The summed E-state index contributed by atoms with van der Waals surface area (Å²) in [6.45, 7) is 6.28. The topological polar surface area (TPSA) is 37.3 Å². The van der Waals surface area contributed by atoms with Crippen molar-refractivity contribution >= 4 is 5.97 Å². The monoisotopic (exact) mass is 234 g/mol. The summed E-state index contributed by atoms with van der Waals surface area (Å²) in [5.74, 6) is 1.09. The summed E-state index contributed by atoms with van der Waals surface area (Å²) >= 11 is 0. The van der Waals surface area contributed by atoms with Crippen LogP contribution in [0.3, 0.4) is 0 Å². The molecule has 0 aliphatic heterocycles. The molecular weight excluding hydrogens is 212 g/mol. The molecule has 2 rings (SSSR count).